The number of hydrogen-bond acceptors (Lipinski definition) is 2. The van der Waals surface area contributed by atoms with Gasteiger partial charge in [-0.15, -0.1) is 0 Å². The van der Waals surface area contributed by atoms with Crippen LogP contribution in [0.25, 0.3) is 0 Å². The van der Waals surface area contributed by atoms with Gasteiger partial charge in [-0.3, -0.25) is 0 Å². The van der Waals surface area contributed by atoms with Crippen LogP contribution in [0.1, 0.15) is 34.3 Å². The SMILES string of the molecule is Cc1oc(C)c(C(O)Cc2cccc(F)c2F)c1C. The average molecular weight is 266 g/mol. The summed E-state index contributed by atoms with van der Waals surface area (Å²) in [4.78, 5) is 0. The van der Waals surface area contributed by atoms with Gasteiger partial charge in [0.1, 0.15) is 11.5 Å². The summed E-state index contributed by atoms with van der Waals surface area (Å²) in [6.07, 6.45) is -0.890. The molecule has 0 saturated heterocycles. The molecular formula is C15H16F2O2. The molecule has 0 aliphatic carbocycles. The number of halogens is 2. The van der Waals surface area contributed by atoms with E-state index in [0.717, 1.165) is 17.4 Å². The molecule has 1 N–H and O–H groups in total. The lowest BCUT2D eigenvalue weighted by Crippen LogP contribution is -2.06. The highest BCUT2D eigenvalue weighted by Gasteiger charge is 2.21. The van der Waals surface area contributed by atoms with Gasteiger partial charge in [0, 0.05) is 12.0 Å². The first-order valence-electron chi connectivity index (χ1n) is 6.09. The van der Waals surface area contributed by atoms with E-state index >= 15 is 0 Å². The highest BCUT2D eigenvalue weighted by atomic mass is 19.2. The van der Waals surface area contributed by atoms with Gasteiger partial charge < -0.3 is 9.52 Å². The Morgan fingerprint density at radius 3 is 2.42 bits per heavy atom. The van der Waals surface area contributed by atoms with Crippen molar-refractivity contribution < 1.29 is 18.3 Å². The van der Waals surface area contributed by atoms with Crippen LogP contribution in [-0.4, -0.2) is 5.11 Å². The van der Waals surface area contributed by atoms with E-state index in [1.54, 1.807) is 13.8 Å². The molecule has 0 bridgehead atoms. The lowest BCUT2D eigenvalue weighted by molar-refractivity contribution is 0.174. The minimum atomic E-state index is -0.909. The maximum atomic E-state index is 13.6. The highest BCUT2D eigenvalue weighted by molar-refractivity contribution is 5.34. The van der Waals surface area contributed by atoms with Crippen LogP contribution in [0.2, 0.25) is 0 Å². The molecule has 0 aliphatic heterocycles. The summed E-state index contributed by atoms with van der Waals surface area (Å²) in [6, 6.07) is 3.96. The van der Waals surface area contributed by atoms with Crippen LogP contribution in [0.4, 0.5) is 8.78 Å². The van der Waals surface area contributed by atoms with Gasteiger partial charge in [-0.25, -0.2) is 8.78 Å². The molecule has 0 radical (unpaired) electrons. The van der Waals surface area contributed by atoms with Gasteiger partial charge in [0.05, 0.1) is 6.10 Å². The molecule has 2 nitrogen and oxygen atoms in total. The Morgan fingerprint density at radius 2 is 1.84 bits per heavy atom. The van der Waals surface area contributed by atoms with Crippen molar-refractivity contribution in [2.24, 2.45) is 0 Å². The summed E-state index contributed by atoms with van der Waals surface area (Å²) in [6.45, 7) is 5.40. The van der Waals surface area contributed by atoms with Crippen molar-refractivity contribution in [3.05, 3.63) is 58.0 Å². The lowest BCUT2D eigenvalue weighted by Gasteiger charge is -2.12. The Morgan fingerprint density at radius 1 is 1.16 bits per heavy atom. The fraction of sp³-hybridized carbons (Fsp3) is 0.333. The van der Waals surface area contributed by atoms with Gasteiger partial charge in [-0.05, 0) is 38.0 Å². The molecule has 2 rings (SSSR count). The van der Waals surface area contributed by atoms with E-state index in [9.17, 15) is 13.9 Å². The molecule has 1 atom stereocenters. The zero-order valence-corrected chi connectivity index (χ0v) is 11.1. The summed E-state index contributed by atoms with van der Waals surface area (Å²) in [5.74, 6) is -0.468. The van der Waals surface area contributed by atoms with E-state index in [1.165, 1.54) is 12.1 Å². The van der Waals surface area contributed by atoms with Crippen molar-refractivity contribution in [2.75, 3.05) is 0 Å². The van der Waals surface area contributed by atoms with Crippen LogP contribution < -0.4 is 0 Å². The van der Waals surface area contributed by atoms with Crippen LogP contribution in [0.3, 0.4) is 0 Å². The summed E-state index contributed by atoms with van der Waals surface area (Å²) < 4.78 is 32.1. The second-order valence-electron chi connectivity index (χ2n) is 4.69. The fourth-order valence-electron chi connectivity index (χ4n) is 2.32. The third-order valence-corrected chi connectivity index (χ3v) is 3.40. The standard InChI is InChI=1S/C15H16F2O2/c1-8-9(2)19-10(3)14(8)13(18)7-11-5-4-6-12(16)15(11)17/h4-6,13,18H,7H2,1-3H3. The zero-order valence-electron chi connectivity index (χ0n) is 11.1. The number of aliphatic hydroxyl groups excluding tert-OH is 1. The predicted octanol–water partition coefficient (Wildman–Crippen LogP) is 3.76. The zero-order chi connectivity index (χ0) is 14.2. The van der Waals surface area contributed by atoms with Gasteiger partial charge in [0.2, 0.25) is 0 Å². The molecule has 1 heterocycles. The fourth-order valence-corrected chi connectivity index (χ4v) is 2.32. The molecule has 4 heteroatoms. The van der Waals surface area contributed by atoms with E-state index in [-0.39, 0.29) is 12.0 Å². The number of hydrogen-bond donors (Lipinski definition) is 1. The minimum absolute atomic E-state index is 0.0181. The molecule has 0 saturated carbocycles. The normalized spacial score (nSPS) is 12.7. The summed E-state index contributed by atoms with van der Waals surface area (Å²) in [5, 5.41) is 10.2. The number of aliphatic hydroxyl groups is 1. The molecule has 1 aromatic carbocycles. The third-order valence-electron chi connectivity index (χ3n) is 3.40. The number of benzene rings is 1. The van der Waals surface area contributed by atoms with E-state index in [4.69, 9.17) is 4.42 Å². The van der Waals surface area contributed by atoms with Crippen molar-refractivity contribution in [3.63, 3.8) is 0 Å². The van der Waals surface area contributed by atoms with Gasteiger partial charge in [0.25, 0.3) is 0 Å². The maximum Gasteiger partial charge on any atom is 0.162 e. The minimum Gasteiger partial charge on any atom is -0.466 e. The van der Waals surface area contributed by atoms with Crippen molar-refractivity contribution in [1.82, 2.24) is 0 Å². The quantitative estimate of drug-likeness (QED) is 0.917. The van der Waals surface area contributed by atoms with Crippen LogP contribution in [-0.2, 0) is 6.42 Å². The molecular weight excluding hydrogens is 250 g/mol. The average Bonchev–Trinajstić information content (AvgIpc) is 2.59. The van der Waals surface area contributed by atoms with E-state index in [2.05, 4.69) is 0 Å². The topological polar surface area (TPSA) is 33.4 Å². The smallest absolute Gasteiger partial charge is 0.162 e. The monoisotopic (exact) mass is 266 g/mol. The largest absolute Gasteiger partial charge is 0.466 e. The first-order valence-corrected chi connectivity index (χ1v) is 6.09. The van der Waals surface area contributed by atoms with Gasteiger partial charge in [-0.2, -0.15) is 0 Å². The third kappa shape index (κ3) is 2.54. The van der Waals surface area contributed by atoms with Gasteiger partial charge >= 0.3 is 0 Å². The molecule has 2 aromatic rings. The van der Waals surface area contributed by atoms with Crippen molar-refractivity contribution in [1.29, 1.82) is 0 Å². The highest BCUT2D eigenvalue weighted by Crippen LogP contribution is 2.29. The van der Waals surface area contributed by atoms with Crippen LogP contribution in [0, 0.1) is 32.4 Å². The molecule has 19 heavy (non-hydrogen) atoms. The molecule has 0 spiro atoms. The second-order valence-corrected chi connectivity index (χ2v) is 4.69. The van der Waals surface area contributed by atoms with E-state index in [1.807, 2.05) is 6.92 Å². The first kappa shape index (κ1) is 13.7. The van der Waals surface area contributed by atoms with Crippen molar-refractivity contribution >= 4 is 0 Å². The van der Waals surface area contributed by atoms with Gasteiger partial charge in [-0.1, -0.05) is 12.1 Å². The number of furan rings is 1. The molecule has 0 aliphatic rings. The Bertz CT molecular complexity index is 602. The second kappa shape index (κ2) is 5.13. The Kier molecular flexibility index (Phi) is 3.71. The molecule has 0 fully saturated rings. The van der Waals surface area contributed by atoms with Gasteiger partial charge in [0.15, 0.2) is 11.6 Å². The Labute approximate surface area is 110 Å². The van der Waals surface area contributed by atoms with Crippen LogP contribution >= 0.6 is 0 Å². The summed E-state index contributed by atoms with van der Waals surface area (Å²) in [5.41, 5.74) is 1.66. The van der Waals surface area contributed by atoms with Crippen LogP contribution in [0.5, 0.6) is 0 Å². The first-order chi connectivity index (χ1) is 8.91. The molecule has 1 aromatic heterocycles. The number of rotatable bonds is 3. The Hall–Kier alpha value is -1.68. The maximum absolute atomic E-state index is 13.6. The van der Waals surface area contributed by atoms with Crippen molar-refractivity contribution in [3.8, 4) is 0 Å². The predicted molar refractivity (Wildman–Crippen MR) is 67.9 cm³/mol. The van der Waals surface area contributed by atoms with E-state index < -0.39 is 17.7 Å². The summed E-state index contributed by atoms with van der Waals surface area (Å²) in [7, 11) is 0. The summed E-state index contributed by atoms with van der Waals surface area (Å²) >= 11 is 0. The lowest BCUT2D eigenvalue weighted by atomic mass is 9.98. The number of aryl methyl sites for hydroxylation is 2. The molecule has 1 unspecified atom stereocenters. The molecule has 0 amide bonds. The van der Waals surface area contributed by atoms with Crippen molar-refractivity contribution in [2.45, 2.75) is 33.3 Å². The van der Waals surface area contributed by atoms with Crippen LogP contribution in [0.15, 0.2) is 22.6 Å². The van der Waals surface area contributed by atoms with E-state index in [0.29, 0.717) is 11.3 Å². The Balaban J connectivity index is 2.31. The molecule has 102 valence electrons.